The summed E-state index contributed by atoms with van der Waals surface area (Å²) in [6.07, 6.45) is 4.24. The maximum absolute atomic E-state index is 12.7. The second-order valence-electron chi connectivity index (χ2n) is 5.29. The molecule has 1 heterocycles. The topological polar surface area (TPSA) is 64.8 Å². The predicted molar refractivity (Wildman–Crippen MR) is 74.9 cm³/mol. The lowest BCUT2D eigenvalue weighted by Crippen LogP contribution is -2.45. The molecule has 5 nitrogen and oxygen atoms in total. The minimum atomic E-state index is 0.0708. The highest BCUT2D eigenvalue weighted by atomic mass is 16.7. The minimum absolute atomic E-state index is 0.0708. The molecular formula is C15H20N2O3. The summed E-state index contributed by atoms with van der Waals surface area (Å²) in [6, 6.07) is 5.76. The largest absolute Gasteiger partial charge is 0.454 e. The summed E-state index contributed by atoms with van der Waals surface area (Å²) >= 11 is 0. The second kappa shape index (κ2) is 5.71. The molecule has 0 radical (unpaired) electrons. The highest BCUT2D eigenvalue weighted by Gasteiger charge is 2.29. The molecule has 1 aromatic carbocycles. The summed E-state index contributed by atoms with van der Waals surface area (Å²) in [6.45, 7) is 1.57. The summed E-state index contributed by atoms with van der Waals surface area (Å²) in [5.41, 5.74) is 6.24. The van der Waals surface area contributed by atoms with Gasteiger partial charge in [-0.05, 0) is 50.4 Å². The van der Waals surface area contributed by atoms with Crippen LogP contribution in [-0.2, 0) is 0 Å². The number of amides is 1. The van der Waals surface area contributed by atoms with Crippen LogP contribution in [-0.4, -0.2) is 36.7 Å². The van der Waals surface area contributed by atoms with Crippen molar-refractivity contribution < 1.29 is 14.3 Å². The Morgan fingerprint density at radius 1 is 1.30 bits per heavy atom. The summed E-state index contributed by atoms with van der Waals surface area (Å²) in [4.78, 5) is 14.6. The third kappa shape index (κ3) is 2.45. The minimum Gasteiger partial charge on any atom is -0.454 e. The molecule has 2 N–H and O–H groups in total. The molecule has 1 aromatic rings. The van der Waals surface area contributed by atoms with Crippen LogP contribution in [0.25, 0.3) is 0 Å². The Morgan fingerprint density at radius 3 is 2.80 bits per heavy atom. The van der Waals surface area contributed by atoms with E-state index in [2.05, 4.69) is 0 Å². The summed E-state index contributed by atoms with van der Waals surface area (Å²) in [5.74, 6) is 1.43. The molecule has 3 rings (SSSR count). The molecule has 0 spiro atoms. The first-order chi connectivity index (χ1) is 9.79. The van der Waals surface area contributed by atoms with E-state index in [-0.39, 0.29) is 12.7 Å². The first kappa shape index (κ1) is 13.2. The number of benzene rings is 1. The summed E-state index contributed by atoms with van der Waals surface area (Å²) < 4.78 is 10.6. The Bertz CT molecular complexity index is 500. The van der Waals surface area contributed by atoms with Crippen molar-refractivity contribution in [2.45, 2.75) is 31.7 Å². The third-order valence-electron chi connectivity index (χ3n) is 4.00. The van der Waals surface area contributed by atoms with Crippen molar-refractivity contribution >= 4 is 5.91 Å². The number of nitrogens with zero attached hydrogens (tertiary/aromatic N) is 1. The zero-order chi connectivity index (χ0) is 13.9. The molecule has 0 aromatic heterocycles. The van der Waals surface area contributed by atoms with Crippen molar-refractivity contribution in [2.24, 2.45) is 5.73 Å². The SMILES string of the molecule is NCCCN(C(=O)c1ccc2c(c1)OCO2)C1CCC1. The molecule has 20 heavy (non-hydrogen) atoms. The molecule has 1 aliphatic heterocycles. The van der Waals surface area contributed by atoms with Crippen LogP contribution in [0.1, 0.15) is 36.0 Å². The number of hydrogen-bond donors (Lipinski definition) is 1. The Hall–Kier alpha value is -1.75. The third-order valence-corrected chi connectivity index (χ3v) is 4.00. The molecule has 0 saturated heterocycles. The van der Waals surface area contributed by atoms with Crippen LogP contribution >= 0.6 is 0 Å². The van der Waals surface area contributed by atoms with Gasteiger partial charge in [0.2, 0.25) is 6.79 Å². The van der Waals surface area contributed by atoms with Gasteiger partial charge in [-0.2, -0.15) is 0 Å². The van der Waals surface area contributed by atoms with Crippen molar-refractivity contribution in [3.05, 3.63) is 23.8 Å². The van der Waals surface area contributed by atoms with E-state index < -0.39 is 0 Å². The van der Waals surface area contributed by atoms with Crippen molar-refractivity contribution in [3.8, 4) is 11.5 Å². The Labute approximate surface area is 118 Å². The Kier molecular flexibility index (Phi) is 3.78. The molecule has 2 aliphatic rings. The number of hydrogen-bond acceptors (Lipinski definition) is 4. The van der Waals surface area contributed by atoms with Gasteiger partial charge in [-0.15, -0.1) is 0 Å². The van der Waals surface area contributed by atoms with Crippen molar-refractivity contribution in [2.75, 3.05) is 19.9 Å². The quantitative estimate of drug-likeness (QED) is 0.890. The van der Waals surface area contributed by atoms with E-state index in [9.17, 15) is 4.79 Å². The van der Waals surface area contributed by atoms with E-state index in [0.29, 0.717) is 29.6 Å². The Balaban J connectivity index is 1.77. The van der Waals surface area contributed by atoms with E-state index >= 15 is 0 Å². The summed E-state index contributed by atoms with van der Waals surface area (Å²) in [5, 5.41) is 0. The first-order valence-electron chi connectivity index (χ1n) is 7.20. The van der Waals surface area contributed by atoms with Gasteiger partial charge in [0.05, 0.1) is 0 Å². The monoisotopic (exact) mass is 276 g/mol. The highest BCUT2D eigenvalue weighted by molar-refractivity contribution is 5.95. The number of carbonyl (C=O) groups excluding carboxylic acids is 1. The van der Waals surface area contributed by atoms with E-state index in [1.54, 1.807) is 12.1 Å². The molecule has 5 heteroatoms. The second-order valence-corrected chi connectivity index (χ2v) is 5.29. The number of rotatable bonds is 5. The highest BCUT2D eigenvalue weighted by Crippen LogP contribution is 2.34. The van der Waals surface area contributed by atoms with Crippen LogP contribution in [0.2, 0.25) is 0 Å². The number of fused-ring (bicyclic) bond motifs is 1. The smallest absolute Gasteiger partial charge is 0.254 e. The fourth-order valence-corrected chi connectivity index (χ4v) is 2.61. The van der Waals surface area contributed by atoms with Crippen LogP contribution in [0.15, 0.2) is 18.2 Å². The lowest BCUT2D eigenvalue weighted by molar-refractivity contribution is 0.0578. The van der Waals surface area contributed by atoms with Gasteiger partial charge < -0.3 is 20.1 Å². The van der Waals surface area contributed by atoms with Crippen LogP contribution in [0.3, 0.4) is 0 Å². The fraction of sp³-hybridized carbons (Fsp3) is 0.533. The maximum Gasteiger partial charge on any atom is 0.254 e. The van der Waals surface area contributed by atoms with E-state index in [1.807, 2.05) is 11.0 Å². The van der Waals surface area contributed by atoms with Crippen molar-refractivity contribution in [3.63, 3.8) is 0 Å². The van der Waals surface area contributed by atoms with Crippen LogP contribution in [0.5, 0.6) is 11.5 Å². The van der Waals surface area contributed by atoms with Gasteiger partial charge in [0.1, 0.15) is 0 Å². The van der Waals surface area contributed by atoms with E-state index in [4.69, 9.17) is 15.2 Å². The normalized spacial score (nSPS) is 16.9. The van der Waals surface area contributed by atoms with Gasteiger partial charge in [-0.1, -0.05) is 0 Å². The zero-order valence-electron chi connectivity index (χ0n) is 11.5. The number of carbonyl (C=O) groups is 1. The van der Waals surface area contributed by atoms with Gasteiger partial charge in [-0.3, -0.25) is 4.79 Å². The lowest BCUT2D eigenvalue weighted by atomic mass is 9.90. The molecule has 1 saturated carbocycles. The fourth-order valence-electron chi connectivity index (χ4n) is 2.61. The first-order valence-corrected chi connectivity index (χ1v) is 7.20. The van der Waals surface area contributed by atoms with Gasteiger partial charge in [0.25, 0.3) is 5.91 Å². The molecular weight excluding hydrogens is 256 g/mol. The zero-order valence-corrected chi connectivity index (χ0v) is 11.5. The average molecular weight is 276 g/mol. The Morgan fingerprint density at radius 2 is 2.10 bits per heavy atom. The molecule has 1 amide bonds. The van der Waals surface area contributed by atoms with E-state index in [0.717, 1.165) is 25.8 Å². The molecule has 1 fully saturated rings. The van der Waals surface area contributed by atoms with Crippen molar-refractivity contribution in [1.29, 1.82) is 0 Å². The molecule has 0 atom stereocenters. The van der Waals surface area contributed by atoms with Gasteiger partial charge in [-0.25, -0.2) is 0 Å². The number of ether oxygens (including phenoxy) is 2. The maximum atomic E-state index is 12.7. The van der Waals surface area contributed by atoms with E-state index in [1.165, 1.54) is 6.42 Å². The molecule has 1 aliphatic carbocycles. The predicted octanol–water partition coefficient (Wildman–Crippen LogP) is 1.76. The lowest BCUT2D eigenvalue weighted by Gasteiger charge is -2.37. The summed E-state index contributed by atoms with van der Waals surface area (Å²) in [7, 11) is 0. The van der Waals surface area contributed by atoms with Crippen LogP contribution in [0.4, 0.5) is 0 Å². The van der Waals surface area contributed by atoms with Gasteiger partial charge in [0, 0.05) is 18.2 Å². The van der Waals surface area contributed by atoms with Gasteiger partial charge >= 0.3 is 0 Å². The van der Waals surface area contributed by atoms with Gasteiger partial charge in [0.15, 0.2) is 11.5 Å². The van der Waals surface area contributed by atoms with Crippen molar-refractivity contribution in [1.82, 2.24) is 4.90 Å². The van der Waals surface area contributed by atoms with Crippen LogP contribution in [0, 0.1) is 0 Å². The average Bonchev–Trinajstić information content (AvgIpc) is 2.87. The molecule has 108 valence electrons. The molecule has 0 bridgehead atoms. The molecule has 0 unspecified atom stereocenters. The number of nitrogens with two attached hydrogens (primary N) is 1. The standard InChI is InChI=1S/C15H20N2O3/c16-7-2-8-17(12-3-1-4-12)15(18)11-5-6-13-14(9-11)20-10-19-13/h5-6,9,12H,1-4,7-8,10,16H2. The van der Waals surface area contributed by atoms with Crippen LogP contribution < -0.4 is 15.2 Å².